The maximum absolute atomic E-state index is 13.7. The van der Waals surface area contributed by atoms with Crippen molar-refractivity contribution in [1.29, 1.82) is 0 Å². The molecule has 33 heavy (non-hydrogen) atoms. The molecule has 1 aromatic heterocycles. The van der Waals surface area contributed by atoms with E-state index in [-0.39, 0.29) is 23.6 Å². The number of aryl methyl sites for hydroxylation is 2. The summed E-state index contributed by atoms with van der Waals surface area (Å²) in [7, 11) is 0. The lowest BCUT2D eigenvalue weighted by molar-refractivity contribution is -0.127. The van der Waals surface area contributed by atoms with Gasteiger partial charge < -0.3 is 10.2 Å². The van der Waals surface area contributed by atoms with E-state index in [0.29, 0.717) is 6.54 Å². The average Bonchev–Trinajstić information content (AvgIpc) is 3.36. The van der Waals surface area contributed by atoms with E-state index in [1.807, 2.05) is 56.3 Å². The molecule has 0 radical (unpaired) electrons. The molecule has 1 saturated carbocycles. The van der Waals surface area contributed by atoms with Gasteiger partial charge in [-0.25, -0.2) is 0 Å². The van der Waals surface area contributed by atoms with Crippen LogP contribution in [0, 0.1) is 13.8 Å². The number of carbonyl (C=O) groups is 2. The summed E-state index contributed by atoms with van der Waals surface area (Å²) in [5, 5.41) is 3.24. The standard InChI is InChI=1S/C26H30N4O2S/c1-18-13-14-21(19(2)15-18)17-30(26(32)23-16-27-33-29-23)24(20-9-5-3-6-10-20)25(31)28-22-11-7-4-8-12-22/h3,5-6,9-10,13-16,22,24H,4,7-8,11-12,17H2,1-2H3,(H,28,31)/t24-/m1/s1. The van der Waals surface area contributed by atoms with Crippen LogP contribution in [0.5, 0.6) is 0 Å². The summed E-state index contributed by atoms with van der Waals surface area (Å²) in [6.07, 6.45) is 6.89. The molecular formula is C26H30N4O2S. The molecule has 2 aromatic carbocycles. The fourth-order valence-corrected chi connectivity index (χ4v) is 4.94. The van der Waals surface area contributed by atoms with Crippen LogP contribution in [-0.2, 0) is 11.3 Å². The van der Waals surface area contributed by atoms with Crippen LogP contribution in [0.4, 0.5) is 0 Å². The molecule has 0 bridgehead atoms. The van der Waals surface area contributed by atoms with Crippen molar-refractivity contribution < 1.29 is 9.59 Å². The molecule has 6 nitrogen and oxygen atoms in total. The third-order valence-corrected chi connectivity index (χ3v) is 6.78. The summed E-state index contributed by atoms with van der Waals surface area (Å²) in [5.74, 6) is -0.439. The third-order valence-electron chi connectivity index (χ3n) is 6.31. The van der Waals surface area contributed by atoms with E-state index in [9.17, 15) is 9.59 Å². The van der Waals surface area contributed by atoms with Crippen molar-refractivity contribution in [2.24, 2.45) is 0 Å². The summed E-state index contributed by atoms with van der Waals surface area (Å²) in [6.45, 7) is 4.39. The second-order valence-electron chi connectivity index (χ2n) is 8.81. The molecule has 0 spiro atoms. The Kier molecular flexibility index (Phi) is 7.50. The average molecular weight is 463 g/mol. The van der Waals surface area contributed by atoms with E-state index in [1.54, 1.807) is 4.90 Å². The van der Waals surface area contributed by atoms with Gasteiger partial charge in [0.1, 0.15) is 6.04 Å². The Morgan fingerprint density at radius 3 is 2.52 bits per heavy atom. The number of aromatic nitrogens is 2. The van der Waals surface area contributed by atoms with Crippen LogP contribution in [0.25, 0.3) is 0 Å². The Morgan fingerprint density at radius 1 is 1.09 bits per heavy atom. The number of carbonyl (C=O) groups excluding carboxylic acids is 2. The highest BCUT2D eigenvalue weighted by Crippen LogP contribution is 2.28. The SMILES string of the molecule is Cc1ccc(CN(C(=O)c2cnsn2)[C@@H](C(=O)NC2CCCCC2)c2ccccc2)c(C)c1. The van der Waals surface area contributed by atoms with Gasteiger partial charge in [-0.15, -0.1) is 0 Å². The first-order valence-electron chi connectivity index (χ1n) is 11.5. The molecule has 7 heteroatoms. The summed E-state index contributed by atoms with van der Waals surface area (Å²) in [6, 6.07) is 15.1. The first kappa shape index (κ1) is 23.1. The van der Waals surface area contributed by atoms with E-state index in [0.717, 1.165) is 59.7 Å². The number of nitrogens with zero attached hydrogens (tertiary/aromatic N) is 3. The summed E-state index contributed by atoms with van der Waals surface area (Å²) < 4.78 is 8.19. The predicted molar refractivity (Wildman–Crippen MR) is 130 cm³/mol. The second kappa shape index (κ2) is 10.7. The van der Waals surface area contributed by atoms with Crippen LogP contribution >= 0.6 is 11.7 Å². The van der Waals surface area contributed by atoms with E-state index >= 15 is 0 Å². The molecule has 0 unspecified atom stereocenters. The summed E-state index contributed by atoms with van der Waals surface area (Å²) in [5.41, 5.74) is 4.29. The molecule has 1 N–H and O–H groups in total. The van der Waals surface area contributed by atoms with E-state index in [1.165, 1.54) is 12.6 Å². The fraction of sp³-hybridized carbons (Fsp3) is 0.385. The molecule has 3 aromatic rings. The molecule has 0 aliphatic heterocycles. The number of benzene rings is 2. The van der Waals surface area contributed by atoms with Crippen LogP contribution in [0.1, 0.15) is 70.9 Å². The molecule has 1 aliphatic rings. The summed E-state index contributed by atoms with van der Waals surface area (Å²) in [4.78, 5) is 29.0. The van der Waals surface area contributed by atoms with Crippen LogP contribution in [-0.4, -0.2) is 31.5 Å². The molecular weight excluding hydrogens is 432 g/mol. The minimum Gasteiger partial charge on any atom is -0.351 e. The Bertz CT molecular complexity index is 1080. The predicted octanol–water partition coefficient (Wildman–Crippen LogP) is 4.99. The number of amides is 2. The number of rotatable bonds is 7. The number of hydrogen-bond acceptors (Lipinski definition) is 5. The van der Waals surface area contributed by atoms with Gasteiger partial charge in [0, 0.05) is 12.6 Å². The van der Waals surface area contributed by atoms with Gasteiger partial charge in [-0.3, -0.25) is 9.59 Å². The molecule has 172 valence electrons. The van der Waals surface area contributed by atoms with Crippen molar-refractivity contribution in [3.05, 3.63) is 82.7 Å². The van der Waals surface area contributed by atoms with Crippen molar-refractivity contribution in [1.82, 2.24) is 19.0 Å². The van der Waals surface area contributed by atoms with Crippen molar-refractivity contribution in [2.45, 2.75) is 64.6 Å². The smallest absolute Gasteiger partial charge is 0.276 e. The lowest BCUT2D eigenvalue weighted by Gasteiger charge is -2.33. The Labute approximate surface area is 199 Å². The second-order valence-corrected chi connectivity index (χ2v) is 9.37. The summed E-state index contributed by atoms with van der Waals surface area (Å²) >= 11 is 0.993. The Hall–Kier alpha value is -3.06. The van der Waals surface area contributed by atoms with Gasteiger partial charge in [0.25, 0.3) is 5.91 Å². The monoisotopic (exact) mass is 462 g/mol. The first-order valence-corrected chi connectivity index (χ1v) is 12.3. The molecule has 2 amide bonds. The van der Waals surface area contributed by atoms with Crippen molar-refractivity contribution >= 4 is 23.5 Å². The largest absolute Gasteiger partial charge is 0.351 e. The van der Waals surface area contributed by atoms with Crippen LogP contribution in [0.15, 0.2) is 54.7 Å². The molecule has 1 aliphatic carbocycles. The van der Waals surface area contributed by atoms with Crippen LogP contribution in [0.2, 0.25) is 0 Å². The zero-order chi connectivity index (χ0) is 23.2. The zero-order valence-corrected chi connectivity index (χ0v) is 20.0. The van der Waals surface area contributed by atoms with E-state index < -0.39 is 6.04 Å². The third kappa shape index (κ3) is 5.66. The van der Waals surface area contributed by atoms with E-state index in [4.69, 9.17) is 0 Å². The van der Waals surface area contributed by atoms with E-state index in [2.05, 4.69) is 20.1 Å². The van der Waals surface area contributed by atoms with Gasteiger partial charge in [0.15, 0.2) is 5.69 Å². The van der Waals surface area contributed by atoms with Gasteiger partial charge in [0.05, 0.1) is 17.9 Å². The minimum atomic E-state index is -0.761. The topological polar surface area (TPSA) is 75.2 Å². The Balaban J connectivity index is 1.72. The highest BCUT2D eigenvalue weighted by molar-refractivity contribution is 6.99. The van der Waals surface area contributed by atoms with Gasteiger partial charge in [-0.2, -0.15) is 8.75 Å². The molecule has 0 saturated heterocycles. The van der Waals surface area contributed by atoms with Crippen molar-refractivity contribution in [3.63, 3.8) is 0 Å². The van der Waals surface area contributed by atoms with Gasteiger partial charge in [-0.05, 0) is 43.4 Å². The number of hydrogen-bond donors (Lipinski definition) is 1. The van der Waals surface area contributed by atoms with Crippen LogP contribution in [0.3, 0.4) is 0 Å². The zero-order valence-electron chi connectivity index (χ0n) is 19.2. The van der Waals surface area contributed by atoms with Crippen molar-refractivity contribution in [3.8, 4) is 0 Å². The minimum absolute atomic E-state index is 0.144. The molecule has 1 atom stereocenters. The Morgan fingerprint density at radius 2 is 1.85 bits per heavy atom. The van der Waals surface area contributed by atoms with Gasteiger partial charge in [0.2, 0.25) is 5.91 Å². The molecule has 1 fully saturated rings. The fourth-order valence-electron chi connectivity index (χ4n) is 4.53. The van der Waals surface area contributed by atoms with Crippen LogP contribution < -0.4 is 5.32 Å². The molecule has 4 rings (SSSR count). The lowest BCUT2D eigenvalue weighted by Crippen LogP contribution is -2.47. The highest BCUT2D eigenvalue weighted by atomic mass is 32.1. The molecule has 1 heterocycles. The quantitative estimate of drug-likeness (QED) is 0.537. The van der Waals surface area contributed by atoms with Crippen molar-refractivity contribution in [2.75, 3.05) is 0 Å². The van der Waals surface area contributed by atoms with Gasteiger partial charge in [-0.1, -0.05) is 73.4 Å². The maximum atomic E-state index is 13.7. The lowest BCUT2D eigenvalue weighted by atomic mass is 9.94. The number of nitrogens with one attached hydrogen (secondary N) is 1. The highest BCUT2D eigenvalue weighted by Gasteiger charge is 2.34. The normalized spacial score (nSPS) is 15.1. The maximum Gasteiger partial charge on any atom is 0.276 e. The first-order chi connectivity index (χ1) is 16.0. The van der Waals surface area contributed by atoms with Gasteiger partial charge >= 0.3 is 0 Å².